The highest BCUT2D eigenvalue weighted by atomic mass is 28.4. The van der Waals surface area contributed by atoms with Crippen molar-refractivity contribution in [2.24, 2.45) is 11.8 Å². The Balaban J connectivity index is 1.77. The summed E-state index contributed by atoms with van der Waals surface area (Å²) in [6.07, 6.45) is 11.2. The smallest absolute Gasteiger partial charge is 0.305 e. The third kappa shape index (κ3) is 8.11. The number of hydrogen-bond acceptors (Lipinski definition) is 7. The minimum atomic E-state index is -1.99. The lowest BCUT2D eigenvalue weighted by molar-refractivity contribution is -0.203. The van der Waals surface area contributed by atoms with Gasteiger partial charge in [-0.3, -0.25) is 4.79 Å². The summed E-state index contributed by atoms with van der Waals surface area (Å²) in [6.45, 7) is 14.9. The summed E-state index contributed by atoms with van der Waals surface area (Å²) in [7, 11) is -0.550. The van der Waals surface area contributed by atoms with E-state index < -0.39 is 8.32 Å². The van der Waals surface area contributed by atoms with E-state index in [4.69, 9.17) is 28.1 Å². The number of unbranched alkanes of at least 4 members (excludes halogenated alkanes) is 1. The van der Waals surface area contributed by atoms with Crippen molar-refractivity contribution in [1.29, 1.82) is 0 Å². The van der Waals surface area contributed by atoms with E-state index in [1.54, 1.807) is 0 Å². The molecule has 208 valence electrons. The number of esters is 1. The summed E-state index contributed by atoms with van der Waals surface area (Å²) in [4.78, 5) is 11.4. The van der Waals surface area contributed by atoms with Gasteiger partial charge in [0.1, 0.15) is 0 Å². The SMILES string of the molecule is COC(=O)CCCC=CC[C@@H]1[C@@H]([C@@H]2COC(C)O2)[C@H](OC2CCCCO2)C[C@@H]1O[Si](C)(C)C(C)(C)C. The number of methoxy groups -OCH3 is 1. The van der Waals surface area contributed by atoms with Crippen LogP contribution in [0.4, 0.5) is 0 Å². The van der Waals surface area contributed by atoms with Crippen LogP contribution in [0.15, 0.2) is 12.2 Å². The van der Waals surface area contributed by atoms with Crippen molar-refractivity contribution in [2.75, 3.05) is 20.3 Å². The van der Waals surface area contributed by atoms with Crippen molar-refractivity contribution < 1.29 is 32.9 Å². The van der Waals surface area contributed by atoms with E-state index in [2.05, 4.69) is 46.0 Å². The lowest BCUT2D eigenvalue weighted by Crippen LogP contribution is -2.45. The highest BCUT2D eigenvalue weighted by molar-refractivity contribution is 6.74. The molecule has 0 spiro atoms. The fraction of sp³-hybridized carbons (Fsp3) is 0.893. The zero-order valence-electron chi connectivity index (χ0n) is 23.6. The first-order valence-electron chi connectivity index (χ1n) is 14.0. The molecule has 3 rings (SSSR count). The van der Waals surface area contributed by atoms with Gasteiger partial charge in [0.15, 0.2) is 20.9 Å². The van der Waals surface area contributed by atoms with Gasteiger partial charge in [-0.25, -0.2) is 0 Å². The van der Waals surface area contributed by atoms with Gasteiger partial charge in [-0.1, -0.05) is 32.9 Å². The molecule has 3 fully saturated rings. The van der Waals surface area contributed by atoms with Gasteiger partial charge in [0.05, 0.1) is 32.0 Å². The zero-order valence-corrected chi connectivity index (χ0v) is 24.6. The molecular formula is C28H50O7Si. The summed E-state index contributed by atoms with van der Waals surface area (Å²) in [5.74, 6) is 0.290. The first kappa shape index (κ1) is 29.8. The van der Waals surface area contributed by atoms with Crippen LogP contribution in [0.25, 0.3) is 0 Å². The number of carbonyl (C=O) groups excluding carboxylic acids is 1. The van der Waals surface area contributed by atoms with Crippen LogP contribution < -0.4 is 0 Å². The van der Waals surface area contributed by atoms with Crippen LogP contribution in [0.5, 0.6) is 0 Å². The van der Waals surface area contributed by atoms with E-state index in [0.717, 1.165) is 51.6 Å². The monoisotopic (exact) mass is 526 g/mol. The summed E-state index contributed by atoms with van der Waals surface area (Å²) in [5, 5.41) is 0.129. The molecule has 2 aliphatic heterocycles. The molecule has 0 bridgehead atoms. The second-order valence-corrected chi connectivity index (χ2v) is 16.9. The molecule has 36 heavy (non-hydrogen) atoms. The van der Waals surface area contributed by atoms with Gasteiger partial charge >= 0.3 is 5.97 Å². The van der Waals surface area contributed by atoms with Crippen LogP contribution in [-0.4, -0.2) is 65.5 Å². The molecule has 0 aromatic carbocycles. The number of ether oxygens (including phenoxy) is 5. The topological polar surface area (TPSA) is 72.5 Å². The molecule has 1 aliphatic carbocycles. The lowest BCUT2D eigenvalue weighted by Gasteiger charge is -2.40. The molecular weight excluding hydrogens is 476 g/mol. The molecule has 0 amide bonds. The second-order valence-electron chi connectivity index (χ2n) is 12.1. The van der Waals surface area contributed by atoms with Gasteiger partial charge in [-0.15, -0.1) is 0 Å². The third-order valence-corrected chi connectivity index (χ3v) is 12.9. The quantitative estimate of drug-likeness (QED) is 0.142. The van der Waals surface area contributed by atoms with Gasteiger partial charge in [0, 0.05) is 18.9 Å². The molecule has 2 unspecified atom stereocenters. The predicted molar refractivity (Wildman–Crippen MR) is 142 cm³/mol. The normalized spacial score (nSPS) is 33.9. The Morgan fingerprint density at radius 2 is 1.89 bits per heavy atom. The van der Waals surface area contributed by atoms with Crippen molar-refractivity contribution in [2.45, 2.75) is 128 Å². The molecule has 3 aliphatic rings. The molecule has 0 aromatic rings. The van der Waals surface area contributed by atoms with Crippen LogP contribution >= 0.6 is 0 Å². The molecule has 0 N–H and O–H groups in total. The highest BCUT2D eigenvalue weighted by Gasteiger charge is 2.53. The number of allylic oxidation sites excluding steroid dienone is 2. The Labute approximate surface area is 219 Å². The zero-order chi connectivity index (χ0) is 26.3. The van der Waals surface area contributed by atoms with Crippen LogP contribution in [0.3, 0.4) is 0 Å². The van der Waals surface area contributed by atoms with Gasteiger partial charge in [-0.2, -0.15) is 0 Å². The van der Waals surface area contributed by atoms with Gasteiger partial charge < -0.3 is 28.1 Å². The number of hydrogen-bond donors (Lipinski definition) is 0. The van der Waals surface area contributed by atoms with Crippen LogP contribution in [0, 0.1) is 11.8 Å². The van der Waals surface area contributed by atoms with Crippen LogP contribution in [-0.2, 0) is 32.9 Å². The summed E-state index contributed by atoms with van der Waals surface area (Å²) >= 11 is 0. The highest BCUT2D eigenvalue weighted by Crippen LogP contribution is 2.47. The number of carbonyl (C=O) groups is 1. The first-order chi connectivity index (χ1) is 17.0. The summed E-state index contributed by atoms with van der Waals surface area (Å²) < 4.78 is 36.6. The largest absolute Gasteiger partial charge is 0.469 e. The minimum Gasteiger partial charge on any atom is -0.469 e. The molecule has 7 atom stereocenters. The van der Waals surface area contributed by atoms with Crippen LogP contribution in [0.2, 0.25) is 18.1 Å². The van der Waals surface area contributed by atoms with E-state index in [1.165, 1.54) is 7.11 Å². The van der Waals surface area contributed by atoms with E-state index >= 15 is 0 Å². The lowest BCUT2D eigenvalue weighted by atomic mass is 9.86. The standard InChI is InChI=1S/C28H50O7Si/c1-20-32-19-24(33-20)27-21(14-10-8-9-11-15-25(29)30-5)22(35-36(6,7)28(2,3)4)18-23(27)34-26-16-12-13-17-31-26/h8,10,20-24,26-27H,9,11-19H2,1-7H3/t20?,21-,22-,23+,24-,26?,27+/m0/s1. The second kappa shape index (κ2) is 13.3. The van der Waals surface area contributed by atoms with E-state index in [1.807, 2.05) is 6.92 Å². The average molecular weight is 527 g/mol. The molecule has 2 saturated heterocycles. The molecule has 0 radical (unpaired) electrons. The maximum absolute atomic E-state index is 11.4. The Morgan fingerprint density at radius 3 is 2.50 bits per heavy atom. The predicted octanol–water partition coefficient (Wildman–Crippen LogP) is 5.98. The molecule has 2 heterocycles. The average Bonchev–Trinajstić information content (AvgIpc) is 3.38. The summed E-state index contributed by atoms with van der Waals surface area (Å²) in [5.41, 5.74) is 0. The fourth-order valence-electron chi connectivity index (χ4n) is 5.35. The van der Waals surface area contributed by atoms with Gasteiger partial charge in [0.25, 0.3) is 0 Å². The van der Waals surface area contributed by atoms with Crippen molar-refractivity contribution in [1.82, 2.24) is 0 Å². The Bertz CT molecular complexity index is 713. The van der Waals surface area contributed by atoms with Crippen molar-refractivity contribution in [3.8, 4) is 0 Å². The molecule has 0 aromatic heterocycles. The Hall–Kier alpha value is -0.773. The molecule has 7 nitrogen and oxygen atoms in total. The minimum absolute atomic E-state index is 0.0134. The van der Waals surface area contributed by atoms with E-state index in [-0.39, 0.29) is 53.7 Å². The first-order valence-corrected chi connectivity index (χ1v) is 16.9. The third-order valence-electron chi connectivity index (χ3n) is 8.43. The Kier molecular flexibility index (Phi) is 11.0. The van der Waals surface area contributed by atoms with Crippen molar-refractivity contribution in [3.63, 3.8) is 0 Å². The maximum atomic E-state index is 11.4. The van der Waals surface area contributed by atoms with Gasteiger partial charge in [-0.05, 0) is 75.9 Å². The maximum Gasteiger partial charge on any atom is 0.305 e. The summed E-state index contributed by atoms with van der Waals surface area (Å²) in [6, 6.07) is 0. The van der Waals surface area contributed by atoms with Crippen molar-refractivity contribution in [3.05, 3.63) is 12.2 Å². The molecule has 1 saturated carbocycles. The van der Waals surface area contributed by atoms with Gasteiger partial charge in [0.2, 0.25) is 0 Å². The molecule has 8 heteroatoms. The van der Waals surface area contributed by atoms with E-state index in [9.17, 15) is 4.79 Å². The number of rotatable bonds is 11. The Morgan fingerprint density at radius 1 is 1.11 bits per heavy atom. The van der Waals surface area contributed by atoms with E-state index in [0.29, 0.717) is 13.0 Å². The van der Waals surface area contributed by atoms with Crippen molar-refractivity contribution >= 4 is 14.3 Å². The van der Waals surface area contributed by atoms with Crippen LogP contribution in [0.1, 0.15) is 79.1 Å². The fourth-order valence-corrected chi connectivity index (χ4v) is 6.73.